The molecule has 8 heteroatoms. The van der Waals surface area contributed by atoms with E-state index in [4.69, 9.17) is 10.5 Å². The second kappa shape index (κ2) is 18.6. The van der Waals surface area contributed by atoms with Crippen LogP contribution in [0.25, 0.3) is 0 Å². The SMILES string of the molecule is C=CC.CC.CCC[C@H](NC(=O)[C@@H]1CC(C2CCOCC2)CN1C(=O)C[C@H](N)c1ccccc1C)C(=O)NC. The van der Waals surface area contributed by atoms with Crippen LogP contribution >= 0.6 is 0 Å². The number of benzene rings is 1. The van der Waals surface area contributed by atoms with Crippen molar-refractivity contribution in [3.05, 3.63) is 48.0 Å². The monoisotopic (exact) mass is 544 g/mol. The molecule has 2 heterocycles. The smallest absolute Gasteiger partial charge is 0.243 e. The molecule has 3 rings (SSSR count). The molecule has 2 aliphatic heterocycles. The molecule has 0 saturated carbocycles. The number of amides is 3. The average molecular weight is 545 g/mol. The van der Waals surface area contributed by atoms with E-state index in [-0.39, 0.29) is 30.1 Å². The van der Waals surface area contributed by atoms with Crippen molar-refractivity contribution in [1.82, 2.24) is 15.5 Å². The number of aryl methyl sites for hydroxylation is 1. The van der Waals surface area contributed by atoms with Crippen LogP contribution < -0.4 is 16.4 Å². The van der Waals surface area contributed by atoms with Crippen molar-refractivity contribution in [2.45, 2.75) is 91.3 Å². The summed E-state index contributed by atoms with van der Waals surface area (Å²) >= 11 is 0. The number of nitrogens with one attached hydrogen (secondary N) is 2. The molecule has 8 nitrogen and oxygen atoms in total. The number of likely N-dealkylation sites (tertiary alicyclic amines) is 1. The number of likely N-dealkylation sites (N-methyl/N-ethyl adjacent to an activating group) is 1. The van der Waals surface area contributed by atoms with Gasteiger partial charge in [0.1, 0.15) is 12.1 Å². The van der Waals surface area contributed by atoms with Crippen LogP contribution in [0.5, 0.6) is 0 Å². The first-order chi connectivity index (χ1) is 18.8. The number of nitrogens with zero attached hydrogens (tertiary/aromatic N) is 1. The molecule has 4 N–H and O–H groups in total. The number of ether oxygens (including phenoxy) is 1. The Labute approximate surface area is 236 Å². The maximum atomic E-state index is 13.4. The van der Waals surface area contributed by atoms with Gasteiger partial charge in [-0.25, -0.2) is 0 Å². The predicted molar refractivity (Wildman–Crippen MR) is 158 cm³/mol. The molecule has 0 bridgehead atoms. The molecule has 0 aliphatic carbocycles. The Morgan fingerprint density at radius 2 is 1.79 bits per heavy atom. The molecule has 2 saturated heterocycles. The van der Waals surface area contributed by atoms with E-state index in [0.717, 1.165) is 43.6 Å². The van der Waals surface area contributed by atoms with E-state index >= 15 is 0 Å². The third kappa shape index (κ3) is 10.4. The van der Waals surface area contributed by atoms with E-state index in [2.05, 4.69) is 17.2 Å². The Morgan fingerprint density at radius 1 is 1.18 bits per heavy atom. The number of allylic oxidation sites excluding steroid dienone is 1. The number of hydrogen-bond donors (Lipinski definition) is 3. The van der Waals surface area contributed by atoms with Gasteiger partial charge in [-0.3, -0.25) is 14.4 Å². The molecule has 1 unspecified atom stereocenters. The van der Waals surface area contributed by atoms with Gasteiger partial charge in [-0.1, -0.05) is 57.5 Å². The number of carbonyl (C=O) groups is 3. The van der Waals surface area contributed by atoms with Crippen molar-refractivity contribution < 1.29 is 19.1 Å². The highest BCUT2D eigenvalue weighted by atomic mass is 16.5. The third-order valence-electron chi connectivity index (χ3n) is 7.33. The summed E-state index contributed by atoms with van der Waals surface area (Å²) in [4.78, 5) is 40.8. The van der Waals surface area contributed by atoms with E-state index in [1.807, 2.05) is 58.9 Å². The second-order valence-corrected chi connectivity index (χ2v) is 10.0. The minimum Gasteiger partial charge on any atom is -0.381 e. The minimum atomic E-state index is -0.601. The van der Waals surface area contributed by atoms with E-state index in [0.29, 0.717) is 25.3 Å². The fraction of sp³-hybridized carbons (Fsp3) is 0.645. The van der Waals surface area contributed by atoms with Gasteiger partial charge >= 0.3 is 0 Å². The summed E-state index contributed by atoms with van der Waals surface area (Å²) in [6.45, 7) is 15.2. The topological polar surface area (TPSA) is 114 Å². The van der Waals surface area contributed by atoms with Crippen LogP contribution in [0.3, 0.4) is 0 Å². The summed E-state index contributed by atoms with van der Waals surface area (Å²) in [5, 5.41) is 5.54. The van der Waals surface area contributed by atoms with Crippen LogP contribution in [-0.2, 0) is 19.1 Å². The summed E-state index contributed by atoms with van der Waals surface area (Å²) < 4.78 is 5.52. The molecule has 0 spiro atoms. The van der Waals surface area contributed by atoms with Crippen LogP contribution in [-0.4, -0.2) is 61.5 Å². The van der Waals surface area contributed by atoms with Crippen molar-refractivity contribution in [2.24, 2.45) is 17.6 Å². The van der Waals surface area contributed by atoms with Crippen molar-refractivity contribution in [3.8, 4) is 0 Å². The highest BCUT2D eigenvalue weighted by Gasteiger charge is 2.43. The molecular formula is C31H52N4O4. The first kappa shape index (κ1) is 34.3. The van der Waals surface area contributed by atoms with Crippen molar-refractivity contribution in [1.29, 1.82) is 0 Å². The molecule has 1 aromatic rings. The van der Waals surface area contributed by atoms with E-state index in [9.17, 15) is 14.4 Å². The van der Waals surface area contributed by atoms with Gasteiger partial charge in [0, 0.05) is 39.3 Å². The minimum absolute atomic E-state index is 0.113. The van der Waals surface area contributed by atoms with Gasteiger partial charge in [-0.2, -0.15) is 0 Å². The van der Waals surface area contributed by atoms with Gasteiger partial charge in [0.15, 0.2) is 0 Å². The molecule has 2 aliphatic rings. The number of rotatable bonds is 9. The summed E-state index contributed by atoms with van der Waals surface area (Å²) in [6, 6.07) is 6.19. The Hall–Kier alpha value is -2.71. The predicted octanol–water partition coefficient (Wildman–Crippen LogP) is 4.28. The fourth-order valence-corrected chi connectivity index (χ4v) is 5.34. The quantitative estimate of drug-likeness (QED) is 0.402. The molecule has 3 amide bonds. The summed E-state index contributed by atoms with van der Waals surface area (Å²) in [5.74, 6) is 0.0840. The molecular weight excluding hydrogens is 492 g/mol. The van der Waals surface area contributed by atoms with Gasteiger partial charge in [0.2, 0.25) is 17.7 Å². The third-order valence-corrected chi connectivity index (χ3v) is 7.33. The second-order valence-electron chi connectivity index (χ2n) is 10.0. The Morgan fingerprint density at radius 3 is 2.36 bits per heavy atom. The summed E-state index contributed by atoms with van der Waals surface area (Å²) in [7, 11) is 1.57. The van der Waals surface area contributed by atoms with Gasteiger partial charge in [-0.05, 0) is 62.5 Å². The van der Waals surface area contributed by atoms with E-state index in [1.54, 1.807) is 18.0 Å². The van der Waals surface area contributed by atoms with Gasteiger partial charge in [-0.15, -0.1) is 6.58 Å². The molecule has 0 radical (unpaired) electrons. The van der Waals surface area contributed by atoms with E-state index < -0.39 is 18.1 Å². The van der Waals surface area contributed by atoms with E-state index in [1.165, 1.54) is 0 Å². The normalized spacial score (nSPS) is 20.3. The maximum absolute atomic E-state index is 13.4. The van der Waals surface area contributed by atoms with Crippen LogP contribution in [0.4, 0.5) is 0 Å². The molecule has 2 fully saturated rings. The first-order valence-electron chi connectivity index (χ1n) is 14.5. The molecule has 4 atom stereocenters. The maximum Gasteiger partial charge on any atom is 0.243 e. The number of carbonyl (C=O) groups excluding carboxylic acids is 3. The lowest BCUT2D eigenvalue weighted by Gasteiger charge is -2.28. The molecule has 1 aromatic carbocycles. The summed E-state index contributed by atoms with van der Waals surface area (Å²) in [5.41, 5.74) is 8.42. The fourth-order valence-electron chi connectivity index (χ4n) is 5.34. The lowest BCUT2D eigenvalue weighted by molar-refractivity contribution is -0.139. The number of nitrogens with two attached hydrogens (primary N) is 1. The van der Waals surface area contributed by atoms with Crippen LogP contribution in [0.2, 0.25) is 0 Å². The van der Waals surface area contributed by atoms with Gasteiger partial charge in [0.25, 0.3) is 0 Å². The largest absolute Gasteiger partial charge is 0.381 e. The molecule has 39 heavy (non-hydrogen) atoms. The summed E-state index contributed by atoms with van der Waals surface area (Å²) in [6.07, 6.45) is 5.70. The highest BCUT2D eigenvalue weighted by molar-refractivity contribution is 5.92. The van der Waals surface area contributed by atoms with Crippen LogP contribution in [0, 0.1) is 18.8 Å². The highest BCUT2D eigenvalue weighted by Crippen LogP contribution is 2.35. The first-order valence-corrected chi connectivity index (χ1v) is 14.5. The average Bonchev–Trinajstić information content (AvgIpc) is 3.41. The zero-order valence-corrected chi connectivity index (χ0v) is 25.0. The zero-order chi connectivity index (χ0) is 29.4. The molecule has 0 aromatic heterocycles. The van der Waals surface area contributed by atoms with Gasteiger partial charge < -0.3 is 26.0 Å². The number of hydrogen-bond acceptors (Lipinski definition) is 5. The standard InChI is InChI=1S/C26H40N4O4.C3H6.C2H6/c1-4-7-22(25(32)28-3)29-26(33)23-14-19(18-10-12-34-13-11-18)16-30(23)24(31)15-21(27)20-9-6-5-8-17(20)2;1-3-2;1-2/h5-6,8-9,18-19,21-23H,4,7,10-16,27H2,1-3H3,(H,28,32)(H,29,33);3H,1H2,2H3;1-2H3/t19?,21-,22-,23-;;/m0../s1. The lowest BCUT2D eigenvalue weighted by atomic mass is 9.84. The molecule has 220 valence electrons. The lowest BCUT2D eigenvalue weighted by Crippen LogP contribution is -2.52. The van der Waals surface area contributed by atoms with Crippen molar-refractivity contribution in [2.75, 3.05) is 26.8 Å². The van der Waals surface area contributed by atoms with Crippen molar-refractivity contribution >= 4 is 17.7 Å². The van der Waals surface area contributed by atoms with Crippen molar-refractivity contribution in [3.63, 3.8) is 0 Å². The Balaban J connectivity index is 0.00000142. The zero-order valence-electron chi connectivity index (χ0n) is 25.0. The van der Waals surface area contributed by atoms with Crippen LogP contribution in [0.1, 0.15) is 83.4 Å². The Kier molecular flexibility index (Phi) is 16.3. The van der Waals surface area contributed by atoms with Crippen LogP contribution in [0.15, 0.2) is 36.9 Å². The Bertz CT molecular complexity index is 900. The van der Waals surface area contributed by atoms with Gasteiger partial charge in [0.05, 0.1) is 0 Å².